The van der Waals surface area contributed by atoms with Crippen LogP contribution in [0.1, 0.15) is 56.9 Å². The summed E-state index contributed by atoms with van der Waals surface area (Å²) in [4.78, 5) is 18.7. The predicted octanol–water partition coefficient (Wildman–Crippen LogP) is 5.23. The number of pyridine rings is 1. The number of piperazine rings is 1. The second kappa shape index (κ2) is 12.2. The first kappa shape index (κ1) is 27.9. The molecular formula is C28H38F2N6O2. The number of ether oxygens (including phenoxy) is 2. The molecule has 8 nitrogen and oxygen atoms in total. The molecule has 0 radical (unpaired) electrons. The molecule has 1 N–H and O–H groups in total. The number of hydrogen-bond donors (Lipinski definition) is 1. The number of anilines is 2. The molecule has 3 heterocycles. The largest absolute Gasteiger partial charge is 0.474 e. The zero-order chi connectivity index (χ0) is 27.4. The van der Waals surface area contributed by atoms with E-state index in [2.05, 4.69) is 38.9 Å². The lowest BCUT2D eigenvalue weighted by Crippen LogP contribution is -2.49. The molecule has 1 aliphatic heterocycles. The van der Waals surface area contributed by atoms with Crippen LogP contribution in [0.3, 0.4) is 0 Å². The van der Waals surface area contributed by atoms with Crippen LogP contribution in [-0.2, 0) is 4.74 Å². The molecule has 2 aromatic heterocycles. The molecule has 3 aromatic rings. The number of benzene rings is 1. The molecule has 1 unspecified atom stereocenters. The standard InChI is InChI=1S/C28H38F2N6O2/c1-17(2)35-10-12-36(13-11-35)24-16-23-26(31-19(4)22-9-7-8-21(18(3)29)25(22)30)32-20(5)33-27(23)34-28(24)38-15-14-37-6/h7-9,16-19H,10-15H2,1-6H3,(H,31,32,33,34)/t18?,19-/m1/s1. The van der Waals surface area contributed by atoms with Crippen molar-refractivity contribution in [1.29, 1.82) is 0 Å². The van der Waals surface area contributed by atoms with Gasteiger partial charge in [-0.2, -0.15) is 4.98 Å². The van der Waals surface area contributed by atoms with Crippen molar-refractivity contribution < 1.29 is 18.3 Å². The zero-order valence-corrected chi connectivity index (χ0v) is 23.1. The van der Waals surface area contributed by atoms with Crippen LogP contribution in [0.2, 0.25) is 0 Å². The third kappa shape index (κ3) is 6.13. The molecule has 0 bridgehead atoms. The molecule has 0 aliphatic carbocycles. The van der Waals surface area contributed by atoms with E-state index in [1.54, 1.807) is 26.2 Å². The third-order valence-electron chi connectivity index (χ3n) is 6.96. The van der Waals surface area contributed by atoms with Gasteiger partial charge in [0.15, 0.2) is 5.65 Å². The summed E-state index contributed by atoms with van der Waals surface area (Å²) in [5.41, 5.74) is 1.76. The fraction of sp³-hybridized carbons (Fsp3) is 0.536. The Morgan fingerprint density at radius 3 is 2.37 bits per heavy atom. The van der Waals surface area contributed by atoms with Gasteiger partial charge in [-0.15, -0.1) is 0 Å². The predicted molar refractivity (Wildman–Crippen MR) is 146 cm³/mol. The number of halogens is 2. The fourth-order valence-electron chi connectivity index (χ4n) is 4.77. The number of aryl methyl sites for hydroxylation is 1. The summed E-state index contributed by atoms with van der Waals surface area (Å²) in [6.07, 6.45) is -1.40. The van der Waals surface area contributed by atoms with Crippen molar-refractivity contribution >= 4 is 22.5 Å². The lowest BCUT2D eigenvalue weighted by atomic mass is 10.0. The van der Waals surface area contributed by atoms with Gasteiger partial charge in [-0.1, -0.05) is 18.2 Å². The number of nitrogens with one attached hydrogen (secondary N) is 1. The first-order chi connectivity index (χ1) is 18.2. The minimum atomic E-state index is -1.40. The molecule has 0 saturated carbocycles. The van der Waals surface area contributed by atoms with Crippen LogP contribution in [0.25, 0.3) is 11.0 Å². The Bertz CT molecular complexity index is 1250. The van der Waals surface area contributed by atoms with Gasteiger partial charge in [-0.3, -0.25) is 4.90 Å². The second-order valence-electron chi connectivity index (χ2n) is 9.99. The summed E-state index contributed by atoms with van der Waals surface area (Å²) in [6, 6.07) is 6.82. The van der Waals surface area contributed by atoms with Gasteiger partial charge in [0.05, 0.1) is 18.0 Å². The SMILES string of the molecule is COCCOc1nc2nc(C)nc(N[C@H](C)c3cccc(C(C)F)c3F)c2cc1N1CCN(C(C)C)CC1. The van der Waals surface area contributed by atoms with E-state index >= 15 is 4.39 Å². The molecule has 0 amide bonds. The van der Waals surface area contributed by atoms with Crippen molar-refractivity contribution in [3.63, 3.8) is 0 Å². The van der Waals surface area contributed by atoms with E-state index in [-0.39, 0.29) is 5.56 Å². The highest BCUT2D eigenvalue weighted by Gasteiger charge is 2.25. The maximum absolute atomic E-state index is 15.1. The summed E-state index contributed by atoms with van der Waals surface area (Å²) in [5, 5.41) is 4.04. The maximum atomic E-state index is 15.1. The Labute approximate surface area is 223 Å². The van der Waals surface area contributed by atoms with E-state index in [0.717, 1.165) is 31.9 Å². The van der Waals surface area contributed by atoms with Gasteiger partial charge in [0.25, 0.3) is 0 Å². The van der Waals surface area contributed by atoms with Crippen LogP contribution in [0.4, 0.5) is 20.3 Å². The molecule has 1 aromatic carbocycles. The summed E-state index contributed by atoms with van der Waals surface area (Å²) in [6.45, 7) is 13.7. The average molecular weight is 529 g/mol. The highest BCUT2D eigenvalue weighted by atomic mass is 19.1. The molecule has 0 spiro atoms. The number of rotatable bonds is 10. The average Bonchev–Trinajstić information content (AvgIpc) is 2.88. The molecular weight excluding hydrogens is 490 g/mol. The van der Waals surface area contributed by atoms with E-state index in [1.165, 1.54) is 13.0 Å². The van der Waals surface area contributed by atoms with Crippen LogP contribution in [-0.4, -0.2) is 72.4 Å². The fourth-order valence-corrected chi connectivity index (χ4v) is 4.77. The monoisotopic (exact) mass is 528 g/mol. The van der Waals surface area contributed by atoms with Gasteiger partial charge in [-0.25, -0.2) is 18.7 Å². The maximum Gasteiger partial charge on any atom is 0.239 e. The smallest absolute Gasteiger partial charge is 0.239 e. The van der Waals surface area contributed by atoms with E-state index in [1.807, 2.05) is 13.0 Å². The molecule has 2 atom stereocenters. The normalized spacial score (nSPS) is 16.2. The molecule has 10 heteroatoms. The van der Waals surface area contributed by atoms with Gasteiger partial charge < -0.3 is 19.7 Å². The summed E-state index contributed by atoms with van der Waals surface area (Å²) in [5.74, 6) is 1.01. The third-order valence-corrected chi connectivity index (χ3v) is 6.96. The van der Waals surface area contributed by atoms with Crippen LogP contribution in [0.5, 0.6) is 5.88 Å². The highest BCUT2D eigenvalue weighted by molar-refractivity contribution is 5.90. The highest BCUT2D eigenvalue weighted by Crippen LogP contribution is 2.35. The van der Waals surface area contributed by atoms with Gasteiger partial charge in [0.2, 0.25) is 5.88 Å². The lowest BCUT2D eigenvalue weighted by Gasteiger charge is -2.38. The van der Waals surface area contributed by atoms with Crippen molar-refractivity contribution in [2.75, 3.05) is 56.7 Å². The quantitative estimate of drug-likeness (QED) is 0.359. The molecule has 206 valence electrons. The van der Waals surface area contributed by atoms with Gasteiger partial charge >= 0.3 is 0 Å². The Kier molecular flexibility index (Phi) is 8.94. The van der Waals surface area contributed by atoms with Crippen molar-refractivity contribution in [3.8, 4) is 5.88 Å². The summed E-state index contributed by atoms with van der Waals surface area (Å²) >= 11 is 0. The van der Waals surface area contributed by atoms with Gasteiger partial charge in [0.1, 0.15) is 35.9 Å². The van der Waals surface area contributed by atoms with E-state index in [0.29, 0.717) is 53.4 Å². The van der Waals surface area contributed by atoms with E-state index < -0.39 is 18.0 Å². The van der Waals surface area contributed by atoms with Gasteiger partial charge in [0, 0.05) is 50.5 Å². The van der Waals surface area contributed by atoms with E-state index in [4.69, 9.17) is 14.5 Å². The molecule has 38 heavy (non-hydrogen) atoms. The lowest BCUT2D eigenvalue weighted by molar-refractivity contribution is 0.144. The molecule has 4 rings (SSSR count). The first-order valence-corrected chi connectivity index (χ1v) is 13.2. The molecule has 1 aliphatic rings. The topological polar surface area (TPSA) is 75.6 Å². The summed E-state index contributed by atoms with van der Waals surface area (Å²) in [7, 11) is 1.63. The Morgan fingerprint density at radius 1 is 1.00 bits per heavy atom. The Hall–Kier alpha value is -3.11. The molecule has 1 fully saturated rings. The second-order valence-corrected chi connectivity index (χ2v) is 9.99. The van der Waals surface area contributed by atoms with Crippen LogP contribution in [0.15, 0.2) is 24.3 Å². The van der Waals surface area contributed by atoms with Crippen molar-refractivity contribution in [3.05, 3.63) is 47.0 Å². The van der Waals surface area contributed by atoms with Crippen LogP contribution in [0, 0.1) is 12.7 Å². The minimum Gasteiger partial charge on any atom is -0.474 e. The number of fused-ring (bicyclic) bond motifs is 1. The number of alkyl halides is 1. The number of hydrogen-bond acceptors (Lipinski definition) is 8. The minimum absolute atomic E-state index is 0.0437. The Balaban J connectivity index is 1.72. The molecule has 1 saturated heterocycles. The van der Waals surface area contributed by atoms with Gasteiger partial charge in [-0.05, 0) is 40.7 Å². The number of nitrogens with zero attached hydrogens (tertiary/aromatic N) is 5. The summed E-state index contributed by atoms with van der Waals surface area (Å²) < 4.78 is 40.3. The van der Waals surface area contributed by atoms with Crippen LogP contribution < -0.4 is 15.0 Å². The van der Waals surface area contributed by atoms with Crippen molar-refractivity contribution in [2.24, 2.45) is 0 Å². The van der Waals surface area contributed by atoms with E-state index in [9.17, 15) is 4.39 Å². The number of aromatic nitrogens is 3. The van der Waals surface area contributed by atoms with Crippen LogP contribution >= 0.6 is 0 Å². The van der Waals surface area contributed by atoms with Crippen molar-refractivity contribution in [2.45, 2.75) is 52.9 Å². The van der Waals surface area contributed by atoms with Crippen molar-refractivity contribution in [1.82, 2.24) is 19.9 Å². The number of methoxy groups -OCH3 is 1. The Morgan fingerprint density at radius 2 is 1.71 bits per heavy atom. The first-order valence-electron chi connectivity index (χ1n) is 13.2. The zero-order valence-electron chi connectivity index (χ0n) is 23.1.